The molecule has 0 amide bonds. The first-order chi connectivity index (χ1) is 9.04. The van der Waals surface area contributed by atoms with E-state index in [0.717, 1.165) is 27.8 Å². The van der Waals surface area contributed by atoms with E-state index in [9.17, 15) is 0 Å². The number of nitrogens with two attached hydrogens (primary N) is 1. The number of hydrogen-bond donors (Lipinski definition) is 1. The highest BCUT2D eigenvalue weighted by Gasteiger charge is 2.14. The number of hydrogen-bond acceptors (Lipinski definition) is 2. The molecule has 0 saturated carbocycles. The molecule has 0 aliphatic rings. The number of aromatic nitrogens is 2. The van der Waals surface area contributed by atoms with Gasteiger partial charge in [-0.05, 0) is 34.0 Å². The maximum absolute atomic E-state index is 5.64. The summed E-state index contributed by atoms with van der Waals surface area (Å²) in [4.78, 5) is 0. The normalized spacial score (nSPS) is 11.3. The number of benzene rings is 1. The summed E-state index contributed by atoms with van der Waals surface area (Å²) < 4.78 is 2.96. The van der Waals surface area contributed by atoms with E-state index in [1.54, 1.807) is 0 Å². The third-order valence-electron chi connectivity index (χ3n) is 3.33. The lowest BCUT2D eigenvalue weighted by Crippen LogP contribution is -2.07. The molecule has 2 aromatic rings. The summed E-state index contributed by atoms with van der Waals surface area (Å²) in [5.41, 5.74) is 10.2. The van der Waals surface area contributed by atoms with Gasteiger partial charge in [0, 0.05) is 19.0 Å². The Kier molecular flexibility index (Phi) is 4.42. The second-order valence-corrected chi connectivity index (χ2v) is 5.84. The molecule has 0 bridgehead atoms. The molecule has 2 rings (SSSR count). The summed E-state index contributed by atoms with van der Waals surface area (Å²) in [6.45, 7) is 5.03. The monoisotopic (exact) mass is 321 g/mol. The maximum atomic E-state index is 5.64. The van der Waals surface area contributed by atoms with Crippen LogP contribution in [-0.4, -0.2) is 16.3 Å². The largest absolute Gasteiger partial charge is 0.330 e. The minimum absolute atomic E-state index is 0.550. The van der Waals surface area contributed by atoms with E-state index in [2.05, 4.69) is 59.1 Å². The van der Waals surface area contributed by atoms with Crippen molar-refractivity contribution in [2.24, 2.45) is 12.8 Å². The van der Waals surface area contributed by atoms with Crippen LogP contribution in [0.2, 0.25) is 0 Å². The number of aryl methyl sites for hydroxylation is 1. The molecule has 0 fully saturated rings. The van der Waals surface area contributed by atoms with E-state index in [-0.39, 0.29) is 0 Å². The lowest BCUT2D eigenvalue weighted by molar-refractivity contribution is 0.707. The van der Waals surface area contributed by atoms with Crippen molar-refractivity contribution in [2.75, 3.05) is 6.54 Å². The van der Waals surface area contributed by atoms with E-state index in [1.165, 1.54) is 5.56 Å². The molecule has 0 saturated heterocycles. The fraction of sp³-hybridized carbons (Fsp3) is 0.400. The summed E-state index contributed by atoms with van der Waals surface area (Å²) in [5.74, 6) is 0.550. The van der Waals surface area contributed by atoms with E-state index in [1.807, 2.05) is 11.7 Å². The van der Waals surface area contributed by atoms with Crippen LogP contribution in [0.4, 0.5) is 0 Å². The van der Waals surface area contributed by atoms with Crippen molar-refractivity contribution in [1.82, 2.24) is 9.78 Å². The molecule has 0 radical (unpaired) electrons. The zero-order valence-electron chi connectivity index (χ0n) is 11.7. The van der Waals surface area contributed by atoms with Crippen LogP contribution in [0.5, 0.6) is 0 Å². The van der Waals surface area contributed by atoms with Crippen LogP contribution in [-0.2, 0) is 13.5 Å². The average molecular weight is 322 g/mol. The highest BCUT2D eigenvalue weighted by atomic mass is 79.9. The second-order valence-electron chi connectivity index (χ2n) is 5.05. The van der Waals surface area contributed by atoms with Gasteiger partial charge in [0.2, 0.25) is 0 Å². The molecular weight excluding hydrogens is 302 g/mol. The van der Waals surface area contributed by atoms with Gasteiger partial charge in [0.25, 0.3) is 0 Å². The Balaban J connectivity index is 2.39. The third kappa shape index (κ3) is 2.90. The van der Waals surface area contributed by atoms with Crippen molar-refractivity contribution in [2.45, 2.75) is 26.2 Å². The van der Waals surface area contributed by atoms with Crippen molar-refractivity contribution in [3.8, 4) is 11.3 Å². The van der Waals surface area contributed by atoms with E-state index < -0.39 is 0 Å². The van der Waals surface area contributed by atoms with Crippen molar-refractivity contribution in [3.05, 3.63) is 40.0 Å². The van der Waals surface area contributed by atoms with Gasteiger partial charge in [-0.15, -0.1) is 0 Å². The van der Waals surface area contributed by atoms with Gasteiger partial charge in [-0.25, -0.2) is 0 Å². The van der Waals surface area contributed by atoms with Crippen LogP contribution >= 0.6 is 15.9 Å². The Bertz CT molecular complexity index is 556. The van der Waals surface area contributed by atoms with Gasteiger partial charge in [0.15, 0.2) is 0 Å². The molecule has 0 aliphatic heterocycles. The Hall–Kier alpha value is -1.13. The van der Waals surface area contributed by atoms with Gasteiger partial charge in [0.05, 0.1) is 10.2 Å². The standard InChI is InChI=1S/C15H20BrN3/c1-10(2)11-4-6-12(7-5-11)15-14(16)13(8-9-17)19(3)18-15/h4-7,10H,8-9,17H2,1-3H3. The summed E-state index contributed by atoms with van der Waals surface area (Å²) in [6, 6.07) is 8.61. The van der Waals surface area contributed by atoms with Crippen LogP contribution in [0.25, 0.3) is 11.3 Å². The number of halogens is 1. The van der Waals surface area contributed by atoms with Crippen molar-refractivity contribution in [1.29, 1.82) is 0 Å². The van der Waals surface area contributed by atoms with Crippen LogP contribution in [0.1, 0.15) is 31.0 Å². The molecule has 1 heterocycles. The molecule has 102 valence electrons. The highest BCUT2D eigenvalue weighted by Crippen LogP contribution is 2.31. The van der Waals surface area contributed by atoms with Crippen molar-refractivity contribution in [3.63, 3.8) is 0 Å². The summed E-state index contributed by atoms with van der Waals surface area (Å²) in [7, 11) is 1.96. The van der Waals surface area contributed by atoms with E-state index >= 15 is 0 Å². The SMILES string of the molecule is CC(C)c1ccc(-c2nn(C)c(CCN)c2Br)cc1. The quantitative estimate of drug-likeness (QED) is 0.937. The molecule has 2 N–H and O–H groups in total. The maximum Gasteiger partial charge on any atom is 0.107 e. The third-order valence-corrected chi connectivity index (χ3v) is 4.17. The molecular formula is C15H20BrN3. The van der Waals surface area contributed by atoms with Gasteiger partial charge >= 0.3 is 0 Å². The smallest absolute Gasteiger partial charge is 0.107 e. The van der Waals surface area contributed by atoms with E-state index in [4.69, 9.17) is 5.73 Å². The fourth-order valence-electron chi connectivity index (χ4n) is 2.15. The van der Waals surface area contributed by atoms with Gasteiger partial charge in [-0.2, -0.15) is 5.10 Å². The van der Waals surface area contributed by atoms with Gasteiger partial charge in [-0.1, -0.05) is 38.1 Å². The highest BCUT2D eigenvalue weighted by molar-refractivity contribution is 9.10. The first-order valence-electron chi connectivity index (χ1n) is 6.56. The lowest BCUT2D eigenvalue weighted by atomic mass is 10.0. The molecule has 1 aromatic heterocycles. The molecule has 4 heteroatoms. The Morgan fingerprint density at radius 2 is 1.89 bits per heavy atom. The van der Waals surface area contributed by atoms with Gasteiger partial charge < -0.3 is 5.73 Å². The molecule has 0 atom stereocenters. The number of nitrogens with zero attached hydrogens (tertiary/aromatic N) is 2. The molecule has 0 aliphatic carbocycles. The number of rotatable bonds is 4. The summed E-state index contributed by atoms with van der Waals surface area (Å²) in [6.07, 6.45) is 0.828. The minimum Gasteiger partial charge on any atom is -0.330 e. The fourth-order valence-corrected chi connectivity index (χ4v) is 2.91. The van der Waals surface area contributed by atoms with Crippen LogP contribution in [0, 0.1) is 0 Å². The molecule has 1 aromatic carbocycles. The Labute approximate surface area is 122 Å². The molecule has 0 spiro atoms. The first kappa shape index (κ1) is 14.3. The van der Waals surface area contributed by atoms with Crippen LogP contribution < -0.4 is 5.73 Å². The van der Waals surface area contributed by atoms with Crippen LogP contribution in [0.3, 0.4) is 0 Å². The molecule has 0 unspecified atom stereocenters. The summed E-state index contributed by atoms with van der Waals surface area (Å²) in [5, 5.41) is 4.59. The lowest BCUT2D eigenvalue weighted by Gasteiger charge is -2.05. The van der Waals surface area contributed by atoms with Crippen LogP contribution in [0.15, 0.2) is 28.7 Å². The topological polar surface area (TPSA) is 43.8 Å². The minimum atomic E-state index is 0.550. The van der Waals surface area contributed by atoms with Gasteiger partial charge in [0.1, 0.15) is 5.69 Å². The summed E-state index contributed by atoms with van der Waals surface area (Å²) >= 11 is 3.65. The Morgan fingerprint density at radius 3 is 2.42 bits per heavy atom. The van der Waals surface area contributed by atoms with Crippen molar-refractivity contribution < 1.29 is 0 Å². The Morgan fingerprint density at radius 1 is 1.26 bits per heavy atom. The van der Waals surface area contributed by atoms with Gasteiger partial charge in [-0.3, -0.25) is 4.68 Å². The van der Waals surface area contributed by atoms with E-state index in [0.29, 0.717) is 12.5 Å². The predicted octanol–water partition coefficient (Wildman–Crippen LogP) is 3.47. The zero-order chi connectivity index (χ0) is 14.0. The first-order valence-corrected chi connectivity index (χ1v) is 7.35. The molecule has 19 heavy (non-hydrogen) atoms. The molecule has 3 nitrogen and oxygen atoms in total. The average Bonchev–Trinajstić information content (AvgIpc) is 2.67. The second kappa shape index (κ2) is 5.88. The zero-order valence-corrected chi connectivity index (χ0v) is 13.2. The van der Waals surface area contributed by atoms with Crippen molar-refractivity contribution >= 4 is 15.9 Å². The predicted molar refractivity (Wildman–Crippen MR) is 83.2 cm³/mol.